The van der Waals surface area contributed by atoms with Crippen LogP contribution >= 0.6 is 0 Å². The number of nitrogens with one attached hydrogen (secondary N) is 1. The highest BCUT2D eigenvalue weighted by molar-refractivity contribution is 6.13. The molecule has 1 saturated heterocycles. The molecule has 2 aromatic rings. The van der Waals surface area contributed by atoms with E-state index in [9.17, 15) is 14.4 Å². The average molecular weight is 363 g/mol. The van der Waals surface area contributed by atoms with Crippen LogP contribution in [0.5, 0.6) is 0 Å². The monoisotopic (exact) mass is 363 g/mol. The third-order valence-electron chi connectivity index (χ3n) is 5.10. The van der Waals surface area contributed by atoms with Crippen LogP contribution in [0.25, 0.3) is 0 Å². The van der Waals surface area contributed by atoms with E-state index < -0.39 is 6.04 Å². The average Bonchev–Trinajstić information content (AvgIpc) is 2.79. The number of fused-ring (bicyclic) bond motifs is 2. The van der Waals surface area contributed by atoms with Gasteiger partial charge < -0.3 is 15.1 Å². The molecular weight excluding hydrogens is 342 g/mol. The normalized spacial score (nSPS) is 19.2. The highest BCUT2D eigenvalue weighted by Gasteiger charge is 2.40. The second-order valence-electron chi connectivity index (χ2n) is 6.87. The molecule has 2 aromatic carbocycles. The van der Waals surface area contributed by atoms with Gasteiger partial charge in [0, 0.05) is 12.2 Å². The summed E-state index contributed by atoms with van der Waals surface area (Å²) in [4.78, 5) is 41.9. The first kappa shape index (κ1) is 17.3. The van der Waals surface area contributed by atoms with Gasteiger partial charge in [0.2, 0.25) is 11.8 Å². The lowest BCUT2D eigenvalue weighted by Gasteiger charge is -2.34. The highest BCUT2D eigenvalue weighted by Crippen LogP contribution is 2.31. The number of benzene rings is 2. The van der Waals surface area contributed by atoms with E-state index >= 15 is 0 Å². The maximum atomic E-state index is 13.2. The predicted molar refractivity (Wildman–Crippen MR) is 103 cm³/mol. The van der Waals surface area contributed by atoms with E-state index in [2.05, 4.69) is 5.32 Å². The molecule has 1 N–H and O–H groups in total. The summed E-state index contributed by atoms with van der Waals surface area (Å²) in [6.45, 7) is 0.454. The first-order valence-electron chi connectivity index (χ1n) is 9.21. The van der Waals surface area contributed by atoms with Crippen molar-refractivity contribution in [1.29, 1.82) is 0 Å². The number of nitrogens with zero attached hydrogens (tertiary/aromatic N) is 2. The van der Waals surface area contributed by atoms with Crippen molar-refractivity contribution in [3.8, 4) is 0 Å². The topological polar surface area (TPSA) is 69.7 Å². The molecule has 0 aliphatic carbocycles. The van der Waals surface area contributed by atoms with Crippen molar-refractivity contribution >= 4 is 29.1 Å². The predicted octanol–water partition coefficient (Wildman–Crippen LogP) is 2.67. The number of para-hydroxylation sites is 2. The van der Waals surface area contributed by atoms with Crippen molar-refractivity contribution in [3.05, 3.63) is 60.2 Å². The van der Waals surface area contributed by atoms with E-state index in [1.54, 1.807) is 41.3 Å². The van der Waals surface area contributed by atoms with E-state index in [0.717, 1.165) is 12.8 Å². The molecule has 1 unspecified atom stereocenters. The maximum Gasteiger partial charge on any atom is 0.256 e. The summed E-state index contributed by atoms with van der Waals surface area (Å²) in [5, 5.41) is 2.81. The first-order chi connectivity index (χ1) is 13.1. The van der Waals surface area contributed by atoms with Gasteiger partial charge in [0.1, 0.15) is 12.6 Å². The molecule has 1 fully saturated rings. The van der Waals surface area contributed by atoms with Gasteiger partial charge >= 0.3 is 0 Å². The molecule has 2 aliphatic rings. The van der Waals surface area contributed by atoms with Gasteiger partial charge in [-0.3, -0.25) is 14.4 Å². The minimum atomic E-state index is -0.497. The number of piperidine rings is 1. The smallest absolute Gasteiger partial charge is 0.256 e. The number of hydrogen-bond acceptors (Lipinski definition) is 3. The Kier molecular flexibility index (Phi) is 4.62. The Morgan fingerprint density at radius 3 is 2.56 bits per heavy atom. The van der Waals surface area contributed by atoms with E-state index in [1.165, 1.54) is 4.90 Å². The van der Waals surface area contributed by atoms with Crippen molar-refractivity contribution in [1.82, 2.24) is 4.90 Å². The molecule has 1 atom stereocenters. The van der Waals surface area contributed by atoms with Crippen molar-refractivity contribution in [2.24, 2.45) is 0 Å². The molecule has 6 nitrogen and oxygen atoms in total. The summed E-state index contributed by atoms with van der Waals surface area (Å²) in [5.74, 6) is -0.605. The number of hydrogen-bond donors (Lipinski definition) is 1. The molecule has 3 amide bonds. The van der Waals surface area contributed by atoms with Gasteiger partial charge in [-0.25, -0.2) is 0 Å². The van der Waals surface area contributed by atoms with Crippen molar-refractivity contribution in [2.45, 2.75) is 25.3 Å². The van der Waals surface area contributed by atoms with Gasteiger partial charge in [0.05, 0.1) is 11.3 Å². The van der Waals surface area contributed by atoms with E-state index in [1.807, 2.05) is 18.2 Å². The Balaban J connectivity index is 1.65. The van der Waals surface area contributed by atoms with E-state index in [4.69, 9.17) is 0 Å². The number of carbonyl (C=O) groups excluding carboxylic acids is 3. The molecule has 0 bridgehead atoms. The minimum absolute atomic E-state index is 0.123. The standard InChI is InChI=1S/C21H21N3O3/c25-19(22-15-8-2-1-3-9-15)14-24-17-11-5-4-10-16(17)20(26)23-13-7-6-12-18(23)21(24)27/h1-5,8-11,18H,6-7,12-14H2,(H,22,25). The summed E-state index contributed by atoms with van der Waals surface area (Å²) >= 11 is 0. The quantitative estimate of drug-likeness (QED) is 0.911. The van der Waals surface area contributed by atoms with Crippen molar-refractivity contribution in [3.63, 3.8) is 0 Å². The number of rotatable bonds is 3. The molecule has 6 heteroatoms. The van der Waals surface area contributed by atoms with E-state index in [0.29, 0.717) is 29.9 Å². The van der Waals surface area contributed by atoms with Crippen LogP contribution in [0.1, 0.15) is 29.6 Å². The molecule has 27 heavy (non-hydrogen) atoms. The largest absolute Gasteiger partial charge is 0.327 e. The van der Waals surface area contributed by atoms with Gasteiger partial charge in [-0.05, 0) is 43.5 Å². The van der Waals surface area contributed by atoms with Crippen LogP contribution in [0.15, 0.2) is 54.6 Å². The van der Waals surface area contributed by atoms with Gasteiger partial charge in [0.15, 0.2) is 0 Å². The molecule has 138 valence electrons. The fourth-order valence-electron chi connectivity index (χ4n) is 3.80. The van der Waals surface area contributed by atoms with Crippen LogP contribution in [-0.4, -0.2) is 41.8 Å². The number of carbonyl (C=O) groups is 3. The summed E-state index contributed by atoms with van der Waals surface area (Å²) in [6.07, 6.45) is 2.43. The van der Waals surface area contributed by atoms with E-state index in [-0.39, 0.29) is 24.3 Å². The Morgan fingerprint density at radius 1 is 1.00 bits per heavy atom. The van der Waals surface area contributed by atoms with Crippen LogP contribution in [0, 0.1) is 0 Å². The Morgan fingerprint density at radius 2 is 1.74 bits per heavy atom. The Bertz CT molecular complexity index is 881. The lowest BCUT2D eigenvalue weighted by Crippen LogP contribution is -2.52. The molecule has 2 heterocycles. The number of amides is 3. The Labute approximate surface area is 157 Å². The number of anilines is 2. The summed E-state index contributed by atoms with van der Waals surface area (Å²) in [6, 6.07) is 15.7. The van der Waals surface area contributed by atoms with Crippen molar-refractivity contribution < 1.29 is 14.4 Å². The molecule has 0 spiro atoms. The SMILES string of the molecule is O=C(CN1C(=O)C2CCCCN2C(=O)c2ccccc21)Nc1ccccc1. The third kappa shape index (κ3) is 3.30. The van der Waals surface area contributed by atoms with Gasteiger partial charge in [0.25, 0.3) is 5.91 Å². The fourth-order valence-corrected chi connectivity index (χ4v) is 3.80. The zero-order valence-corrected chi connectivity index (χ0v) is 14.9. The molecule has 4 rings (SSSR count). The minimum Gasteiger partial charge on any atom is -0.327 e. The first-order valence-corrected chi connectivity index (χ1v) is 9.21. The zero-order valence-electron chi connectivity index (χ0n) is 14.9. The molecule has 0 saturated carbocycles. The van der Waals surface area contributed by atoms with Gasteiger partial charge in [-0.15, -0.1) is 0 Å². The lowest BCUT2D eigenvalue weighted by molar-refractivity contribution is -0.125. The summed E-state index contributed by atoms with van der Waals surface area (Å²) in [5.41, 5.74) is 1.65. The molecule has 0 aromatic heterocycles. The second-order valence-corrected chi connectivity index (χ2v) is 6.87. The van der Waals surface area contributed by atoms with Gasteiger partial charge in [-0.2, -0.15) is 0 Å². The fraction of sp³-hybridized carbons (Fsp3) is 0.286. The molecular formula is C21H21N3O3. The summed E-state index contributed by atoms with van der Waals surface area (Å²) < 4.78 is 0. The molecule has 2 aliphatic heterocycles. The molecule has 0 radical (unpaired) electrons. The lowest BCUT2D eigenvalue weighted by atomic mass is 10.0. The second kappa shape index (κ2) is 7.23. The van der Waals surface area contributed by atoms with Crippen LogP contribution in [0.4, 0.5) is 11.4 Å². The van der Waals surface area contributed by atoms with Crippen LogP contribution in [-0.2, 0) is 9.59 Å². The zero-order chi connectivity index (χ0) is 18.8. The highest BCUT2D eigenvalue weighted by atomic mass is 16.2. The Hall–Kier alpha value is -3.15. The van der Waals surface area contributed by atoms with Gasteiger partial charge in [-0.1, -0.05) is 30.3 Å². The van der Waals surface area contributed by atoms with Crippen LogP contribution in [0.3, 0.4) is 0 Å². The maximum absolute atomic E-state index is 13.2. The third-order valence-corrected chi connectivity index (χ3v) is 5.10. The van der Waals surface area contributed by atoms with Crippen LogP contribution in [0.2, 0.25) is 0 Å². The summed E-state index contributed by atoms with van der Waals surface area (Å²) in [7, 11) is 0. The van der Waals surface area contributed by atoms with Crippen molar-refractivity contribution in [2.75, 3.05) is 23.3 Å². The van der Waals surface area contributed by atoms with Crippen LogP contribution < -0.4 is 10.2 Å².